The molecule has 0 aliphatic carbocycles. The molecule has 0 spiro atoms. The number of ether oxygens (including phenoxy) is 1. The van der Waals surface area contributed by atoms with Crippen molar-refractivity contribution in [3.63, 3.8) is 0 Å². The van der Waals surface area contributed by atoms with Crippen LogP contribution in [0.5, 0.6) is 0 Å². The van der Waals surface area contributed by atoms with Crippen LogP contribution in [-0.4, -0.2) is 13.7 Å². The molecule has 4 aromatic rings. The van der Waals surface area contributed by atoms with Crippen LogP contribution in [0.2, 0.25) is 0 Å². The van der Waals surface area contributed by atoms with Crippen LogP contribution in [0.1, 0.15) is 23.1 Å². The Morgan fingerprint density at radius 3 is 1.91 bits per heavy atom. The van der Waals surface area contributed by atoms with Crippen molar-refractivity contribution in [2.24, 2.45) is 0 Å². The summed E-state index contributed by atoms with van der Waals surface area (Å²) in [6, 6.07) is 10.4. The van der Waals surface area contributed by atoms with Gasteiger partial charge in [0, 0.05) is 19.3 Å². The number of benzene rings is 4. The molecule has 0 aromatic heterocycles. The highest BCUT2D eigenvalue weighted by Crippen LogP contribution is 2.30. The van der Waals surface area contributed by atoms with Gasteiger partial charge in [0.15, 0.2) is 11.6 Å². The molecule has 0 heterocycles. The number of halogens is 6. The number of aryl methyl sites for hydroxylation is 1. The summed E-state index contributed by atoms with van der Waals surface area (Å²) in [6.45, 7) is 0.429. The van der Waals surface area contributed by atoms with Crippen LogP contribution in [-0.2, 0) is 11.2 Å². The van der Waals surface area contributed by atoms with Gasteiger partial charge in [-0.15, -0.1) is 0 Å². The summed E-state index contributed by atoms with van der Waals surface area (Å²) < 4.78 is 90.4. The molecule has 0 unspecified atom stereocenters. The molecule has 0 radical (unpaired) electrons. The normalized spacial score (nSPS) is 10.9. The molecular formula is C28H18F6O. The molecule has 0 saturated carbocycles. The molecule has 7 heteroatoms. The summed E-state index contributed by atoms with van der Waals surface area (Å²) in [5.74, 6) is -1.13. The van der Waals surface area contributed by atoms with Crippen molar-refractivity contribution in [3.05, 3.63) is 106 Å². The minimum Gasteiger partial charge on any atom is -0.385 e. The van der Waals surface area contributed by atoms with Crippen LogP contribution >= 0.6 is 0 Å². The molecule has 0 aliphatic heterocycles. The van der Waals surface area contributed by atoms with E-state index in [2.05, 4.69) is 11.8 Å². The van der Waals surface area contributed by atoms with Crippen molar-refractivity contribution in [2.45, 2.75) is 12.8 Å². The topological polar surface area (TPSA) is 9.23 Å². The van der Waals surface area contributed by atoms with E-state index < -0.39 is 46.0 Å². The van der Waals surface area contributed by atoms with Gasteiger partial charge in [0.05, 0.1) is 11.1 Å². The first-order valence-electron chi connectivity index (χ1n) is 10.6. The monoisotopic (exact) mass is 484 g/mol. The molecule has 4 rings (SSSR count). The van der Waals surface area contributed by atoms with E-state index in [0.29, 0.717) is 41.3 Å². The van der Waals surface area contributed by atoms with Gasteiger partial charge in [-0.3, -0.25) is 0 Å². The van der Waals surface area contributed by atoms with E-state index in [9.17, 15) is 26.3 Å². The Hall–Kier alpha value is -3.76. The molecule has 0 saturated heterocycles. The Kier molecular flexibility index (Phi) is 7.13. The third-order valence-electron chi connectivity index (χ3n) is 5.46. The predicted molar refractivity (Wildman–Crippen MR) is 122 cm³/mol. The zero-order valence-electron chi connectivity index (χ0n) is 18.5. The van der Waals surface area contributed by atoms with E-state index in [-0.39, 0.29) is 5.56 Å². The van der Waals surface area contributed by atoms with Gasteiger partial charge in [-0.2, -0.15) is 0 Å². The van der Waals surface area contributed by atoms with Gasteiger partial charge in [0.2, 0.25) is 0 Å². The van der Waals surface area contributed by atoms with Crippen molar-refractivity contribution < 1.29 is 31.1 Å². The average Bonchev–Trinajstić information content (AvgIpc) is 2.79. The minimum absolute atomic E-state index is 0.299. The summed E-state index contributed by atoms with van der Waals surface area (Å²) in [5.41, 5.74) is -0.709. The standard InChI is InChI=1S/C28H18F6O/c1-35-8-2-3-17-10-26(33)28(27(34)11-17)20-14-22(29)21(23(30)15-20)7-5-16-4-6-18-12-24(31)25(32)13-19(18)9-16/h4,6,9-15H,2-3,8H2,1H3. The van der Waals surface area contributed by atoms with Gasteiger partial charge in [-0.05, 0) is 83.3 Å². The van der Waals surface area contributed by atoms with E-state index in [1.807, 2.05) is 0 Å². The third kappa shape index (κ3) is 5.33. The van der Waals surface area contributed by atoms with E-state index in [4.69, 9.17) is 4.74 Å². The maximum Gasteiger partial charge on any atom is 0.159 e. The van der Waals surface area contributed by atoms with E-state index >= 15 is 0 Å². The van der Waals surface area contributed by atoms with Crippen LogP contribution < -0.4 is 0 Å². The second-order valence-corrected chi connectivity index (χ2v) is 7.92. The van der Waals surface area contributed by atoms with Gasteiger partial charge in [0.25, 0.3) is 0 Å². The fourth-order valence-corrected chi connectivity index (χ4v) is 3.76. The lowest BCUT2D eigenvalue weighted by Crippen LogP contribution is -1.99. The number of rotatable bonds is 5. The summed E-state index contributed by atoms with van der Waals surface area (Å²) in [5, 5.41) is 0.800. The van der Waals surface area contributed by atoms with E-state index in [1.54, 1.807) is 0 Å². The fraction of sp³-hybridized carbons (Fsp3) is 0.143. The molecule has 1 nitrogen and oxygen atoms in total. The van der Waals surface area contributed by atoms with Crippen molar-refractivity contribution in [3.8, 4) is 23.0 Å². The minimum atomic E-state index is -1.09. The molecule has 178 valence electrons. The van der Waals surface area contributed by atoms with Gasteiger partial charge in [-0.1, -0.05) is 17.9 Å². The molecule has 0 N–H and O–H groups in total. The quantitative estimate of drug-likeness (QED) is 0.164. The first kappa shape index (κ1) is 24.4. The zero-order valence-corrected chi connectivity index (χ0v) is 18.5. The molecule has 0 bridgehead atoms. The second-order valence-electron chi connectivity index (χ2n) is 7.92. The van der Waals surface area contributed by atoms with Gasteiger partial charge < -0.3 is 4.74 Å². The first-order valence-corrected chi connectivity index (χ1v) is 10.6. The molecular weight excluding hydrogens is 466 g/mol. The van der Waals surface area contributed by atoms with Gasteiger partial charge in [0.1, 0.15) is 23.3 Å². The molecule has 0 atom stereocenters. The number of hydrogen-bond donors (Lipinski definition) is 0. The molecule has 0 aliphatic rings. The van der Waals surface area contributed by atoms with Gasteiger partial charge >= 0.3 is 0 Å². The second kappa shape index (κ2) is 10.2. The van der Waals surface area contributed by atoms with E-state index in [1.165, 1.54) is 25.3 Å². The molecule has 4 aromatic carbocycles. The smallest absolute Gasteiger partial charge is 0.159 e. The predicted octanol–water partition coefficient (Wildman–Crippen LogP) is 7.32. The number of methoxy groups -OCH3 is 1. The van der Waals surface area contributed by atoms with Crippen molar-refractivity contribution in [2.75, 3.05) is 13.7 Å². The van der Waals surface area contributed by atoms with Crippen molar-refractivity contribution in [1.82, 2.24) is 0 Å². The average molecular weight is 484 g/mol. The van der Waals surface area contributed by atoms with Crippen LogP contribution in [0, 0.1) is 46.7 Å². The van der Waals surface area contributed by atoms with Crippen molar-refractivity contribution >= 4 is 10.8 Å². The largest absolute Gasteiger partial charge is 0.385 e. The Labute approximate surface area is 198 Å². The Balaban J connectivity index is 1.65. The van der Waals surface area contributed by atoms with Gasteiger partial charge in [-0.25, -0.2) is 26.3 Å². The Morgan fingerprint density at radius 1 is 0.657 bits per heavy atom. The van der Waals surface area contributed by atoms with Crippen LogP contribution in [0.15, 0.2) is 54.6 Å². The number of fused-ring (bicyclic) bond motifs is 1. The fourth-order valence-electron chi connectivity index (χ4n) is 3.76. The maximum atomic E-state index is 14.7. The lowest BCUT2D eigenvalue weighted by molar-refractivity contribution is 0.195. The van der Waals surface area contributed by atoms with Crippen LogP contribution in [0.25, 0.3) is 21.9 Å². The molecule has 0 amide bonds. The zero-order chi connectivity index (χ0) is 25.1. The van der Waals surface area contributed by atoms with E-state index in [0.717, 1.165) is 36.4 Å². The Morgan fingerprint density at radius 2 is 1.29 bits per heavy atom. The van der Waals surface area contributed by atoms with Crippen LogP contribution in [0.4, 0.5) is 26.3 Å². The SMILES string of the molecule is COCCCc1cc(F)c(-c2cc(F)c(C#Cc3ccc4cc(F)c(F)cc4c3)c(F)c2)c(F)c1. The summed E-state index contributed by atoms with van der Waals surface area (Å²) >= 11 is 0. The summed E-state index contributed by atoms with van der Waals surface area (Å²) in [6.07, 6.45) is 0.948. The third-order valence-corrected chi connectivity index (χ3v) is 5.46. The highest BCUT2D eigenvalue weighted by Gasteiger charge is 2.18. The highest BCUT2D eigenvalue weighted by atomic mass is 19.2. The molecule has 35 heavy (non-hydrogen) atoms. The van der Waals surface area contributed by atoms with Crippen molar-refractivity contribution in [1.29, 1.82) is 0 Å². The maximum absolute atomic E-state index is 14.7. The highest BCUT2D eigenvalue weighted by molar-refractivity contribution is 5.84. The van der Waals surface area contributed by atoms with Crippen LogP contribution in [0.3, 0.4) is 0 Å². The molecule has 0 fully saturated rings. The number of hydrogen-bond acceptors (Lipinski definition) is 1. The Bertz CT molecular complexity index is 1440. The summed E-state index contributed by atoms with van der Waals surface area (Å²) in [4.78, 5) is 0. The lowest BCUT2D eigenvalue weighted by atomic mass is 9.98. The lowest BCUT2D eigenvalue weighted by Gasteiger charge is -2.10. The summed E-state index contributed by atoms with van der Waals surface area (Å²) in [7, 11) is 1.52. The first-order chi connectivity index (χ1) is 16.8.